The highest BCUT2D eigenvalue weighted by Crippen LogP contribution is 2.44. The summed E-state index contributed by atoms with van der Waals surface area (Å²) in [6.07, 6.45) is 2.83. The smallest absolute Gasteiger partial charge is 0.229 e. The molecule has 184 valence electrons. The maximum atomic E-state index is 11.8. The van der Waals surface area contributed by atoms with Gasteiger partial charge < -0.3 is 19.4 Å². The number of hydrogen-bond donors (Lipinski definition) is 2. The number of hydrogen-bond acceptors (Lipinski definition) is 6. The fraction of sp³-hybridized carbons (Fsp3) is 0.154. The van der Waals surface area contributed by atoms with Crippen molar-refractivity contribution in [3.8, 4) is 17.1 Å². The zero-order valence-corrected chi connectivity index (χ0v) is 21.2. The van der Waals surface area contributed by atoms with Crippen LogP contribution in [0.2, 0.25) is 0 Å². The SMILES string of the molecule is COc1cc(N2C(=S)N[C@H](c3ccccn3)[C@@H]2c2ccc(-c3ccccc3)o2)ccc1NS(C)(=O)=O. The van der Waals surface area contributed by atoms with Crippen molar-refractivity contribution in [1.29, 1.82) is 0 Å². The number of methoxy groups -OCH3 is 1. The second-order valence-corrected chi connectivity index (χ2v) is 10.5. The predicted molar refractivity (Wildman–Crippen MR) is 144 cm³/mol. The molecule has 2 aromatic carbocycles. The molecule has 36 heavy (non-hydrogen) atoms. The van der Waals surface area contributed by atoms with Crippen molar-refractivity contribution >= 4 is 38.7 Å². The third kappa shape index (κ3) is 4.77. The van der Waals surface area contributed by atoms with Crippen molar-refractivity contribution in [2.45, 2.75) is 12.1 Å². The summed E-state index contributed by atoms with van der Waals surface area (Å²) >= 11 is 5.77. The number of anilines is 2. The van der Waals surface area contributed by atoms with Crippen LogP contribution < -0.4 is 19.7 Å². The van der Waals surface area contributed by atoms with Crippen LogP contribution in [0.5, 0.6) is 5.75 Å². The Labute approximate surface area is 215 Å². The van der Waals surface area contributed by atoms with Gasteiger partial charge in [0.15, 0.2) is 5.11 Å². The topological polar surface area (TPSA) is 96.7 Å². The Morgan fingerprint density at radius 3 is 2.53 bits per heavy atom. The lowest BCUT2D eigenvalue weighted by Crippen LogP contribution is -2.29. The van der Waals surface area contributed by atoms with E-state index in [9.17, 15) is 8.42 Å². The molecule has 1 aliphatic heterocycles. The first-order chi connectivity index (χ1) is 17.3. The molecule has 1 aliphatic rings. The summed E-state index contributed by atoms with van der Waals surface area (Å²) in [6.45, 7) is 0. The second-order valence-electron chi connectivity index (χ2n) is 8.32. The molecule has 0 amide bonds. The summed E-state index contributed by atoms with van der Waals surface area (Å²) in [5, 5.41) is 3.87. The summed E-state index contributed by atoms with van der Waals surface area (Å²) in [5.41, 5.74) is 2.83. The minimum atomic E-state index is -3.48. The minimum Gasteiger partial charge on any atom is -0.494 e. The Morgan fingerprint density at radius 2 is 1.83 bits per heavy atom. The second kappa shape index (κ2) is 9.63. The number of pyridine rings is 1. The van der Waals surface area contributed by atoms with Crippen LogP contribution in [-0.4, -0.2) is 31.9 Å². The summed E-state index contributed by atoms with van der Waals surface area (Å²) in [5.74, 6) is 1.81. The molecule has 0 bridgehead atoms. The van der Waals surface area contributed by atoms with Crippen LogP contribution in [-0.2, 0) is 10.0 Å². The first-order valence-corrected chi connectivity index (χ1v) is 13.5. The molecule has 0 unspecified atom stereocenters. The maximum absolute atomic E-state index is 11.8. The molecular formula is C26H24N4O4S2. The number of nitrogens with one attached hydrogen (secondary N) is 2. The summed E-state index contributed by atoms with van der Waals surface area (Å²) in [7, 11) is -1.99. The maximum Gasteiger partial charge on any atom is 0.229 e. The summed E-state index contributed by atoms with van der Waals surface area (Å²) in [4.78, 5) is 6.50. The van der Waals surface area contributed by atoms with E-state index in [0.29, 0.717) is 28.0 Å². The van der Waals surface area contributed by atoms with E-state index in [2.05, 4.69) is 15.0 Å². The number of nitrogens with zero attached hydrogens (tertiary/aromatic N) is 2. The molecule has 5 rings (SSSR count). The third-order valence-corrected chi connectivity index (χ3v) is 6.74. The van der Waals surface area contributed by atoms with Gasteiger partial charge in [-0.2, -0.15) is 0 Å². The van der Waals surface area contributed by atoms with Gasteiger partial charge in [0.25, 0.3) is 0 Å². The van der Waals surface area contributed by atoms with Crippen LogP contribution in [0, 0.1) is 0 Å². The zero-order valence-electron chi connectivity index (χ0n) is 19.6. The summed E-state index contributed by atoms with van der Waals surface area (Å²) in [6, 6.07) is 24.0. The van der Waals surface area contributed by atoms with E-state index in [0.717, 1.165) is 23.3 Å². The van der Waals surface area contributed by atoms with Crippen LogP contribution in [0.15, 0.2) is 89.5 Å². The standard InChI is InChI=1S/C26H24N4O4S2/c1-33-23-16-18(11-12-19(23)29-36(2,31)32)30-25(24(28-26(30)35)20-10-6-7-15-27-20)22-14-13-21(34-22)17-8-4-3-5-9-17/h3-16,24-25,29H,1-2H3,(H,28,35)/t24-,25+/m1/s1. The van der Waals surface area contributed by atoms with Gasteiger partial charge in [-0.15, -0.1) is 0 Å². The monoisotopic (exact) mass is 520 g/mol. The first-order valence-electron chi connectivity index (χ1n) is 11.2. The molecule has 3 heterocycles. The highest BCUT2D eigenvalue weighted by atomic mass is 32.2. The van der Waals surface area contributed by atoms with Gasteiger partial charge in [0, 0.05) is 23.5 Å². The number of rotatable bonds is 7. The molecule has 1 fully saturated rings. The quantitative estimate of drug-likeness (QED) is 0.332. The number of benzene rings is 2. The number of thiocarbonyl (C=S) groups is 1. The molecule has 2 N–H and O–H groups in total. The van der Waals surface area contributed by atoms with Gasteiger partial charge in [-0.3, -0.25) is 9.71 Å². The average molecular weight is 521 g/mol. The summed E-state index contributed by atoms with van der Waals surface area (Å²) < 4.78 is 37.9. The zero-order chi connectivity index (χ0) is 25.3. The van der Waals surface area contributed by atoms with Crippen molar-refractivity contribution < 1.29 is 17.6 Å². The van der Waals surface area contributed by atoms with E-state index in [-0.39, 0.29) is 12.1 Å². The van der Waals surface area contributed by atoms with Gasteiger partial charge >= 0.3 is 0 Å². The third-order valence-electron chi connectivity index (χ3n) is 5.83. The van der Waals surface area contributed by atoms with Gasteiger partial charge in [0.1, 0.15) is 23.3 Å². The average Bonchev–Trinajstić information content (AvgIpc) is 3.49. The largest absolute Gasteiger partial charge is 0.494 e. The Bertz CT molecular complexity index is 1490. The fourth-order valence-electron chi connectivity index (χ4n) is 4.31. The minimum absolute atomic E-state index is 0.284. The first kappa shape index (κ1) is 23.8. The Balaban J connectivity index is 1.59. The molecule has 0 aliphatic carbocycles. The lowest BCUT2D eigenvalue weighted by molar-refractivity contribution is 0.416. The van der Waals surface area contributed by atoms with Crippen molar-refractivity contribution in [3.63, 3.8) is 0 Å². The van der Waals surface area contributed by atoms with Crippen molar-refractivity contribution in [3.05, 3.63) is 96.5 Å². The molecule has 0 spiro atoms. The molecule has 8 nitrogen and oxygen atoms in total. The van der Waals surface area contributed by atoms with E-state index < -0.39 is 10.0 Å². The normalized spacial score (nSPS) is 17.6. The highest BCUT2D eigenvalue weighted by molar-refractivity contribution is 7.92. The number of furan rings is 1. The molecule has 0 radical (unpaired) electrons. The van der Waals surface area contributed by atoms with Crippen molar-refractivity contribution in [1.82, 2.24) is 10.3 Å². The fourth-order valence-corrected chi connectivity index (χ4v) is 5.22. The van der Waals surface area contributed by atoms with E-state index in [1.165, 1.54) is 7.11 Å². The van der Waals surface area contributed by atoms with Crippen molar-refractivity contribution in [2.75, 3.05) is 23.0 Å². The highest BCUT2D eigenvalue weighted by Gasteiger charge is 2.42. The van der Waals surface area contributed by atoms with Crippen molar-refractivity contribution in [2.24, 2.45) is 0 Å². The van der Waals surface area contributed by atoms with Gasteiger partial charge in [0.05, 0.1) is 30.8 Å². The molecule has 2 atom stereocenters. The van der Waals surface area contributed by atoms with Gasteiger partial charge in [-0.1, -0.05) is 36.4 Å². The van der Waals surface area contributed by atoms with E-state index in [1.807, 2.05) is 65.6 Å². The Kier molecular flexibility index (Phi) is 6.38. The molecule has 0 saturated carbocycles. The predicted octanol–water partition coefficient (Wildman–Crippen LogP) is 4.90. The van der Waals surface area contributed by atoms with E-state index >= 15 is 0 Å². The molecule has 10 heteroatoms. The molecule has 4 aromatic rings. The molecule has 2 aromatic heterocycles. The molecular weight excluding hydrogens is 496 g/mol. The number of sulfonamides is 1. The van der Waals surface area contributed by atoms with Crippen LogP contribution in [0.4, 0.5) is 11.4 Å². The Morgan fingerprint density at radius 1 is 1.06 bits per heavy atom. The van der Waals surface area contributed by atoms with Crippen LogP contribution >= 0.6 is 12.2 Å². The molecule has 1 saturated heterocycles. The Hall–Kier alpha value is -3.89. The van der Waals surface area contributed by atoms with Crippen LogP contribution in [0.25, 0.3) is 11.3 Å². The van der Waals surface area contributed by atoms with E-state index in [4.69, 9.17) is 21.4 Å². The van der Waals surface area contributed by atoms with Gasteiger partial charge in [-0.05, 0) is 48.6 Å². The number of ether oxygens (including phenoxy) is 1. The van der Waals surface area contributed by atoms with E-state index in [1.54, 1.807) is 24.4 Å². The van der Waals surface area contributed by atoms with Crippen LogP contribution in [0.3, 0.4) is 0 Å². The van der Waals surface area contributed by atoms with Crippen LogP contribution in [0.1, 0.15) is 23.5 Å². The lowest BCUT2D eigenvalue weighted by Gasteiger charge is -2.26. The number of aromatic nitrogens is 1. The van der Waals surface area contributed by atoms with Gasteiger partial charge in [-0.25, -0.2) is 8.42 Å². The van der Waals surface area contributed by atoms with Gasteiger partial charge in [0.2, 0.25) is 10.0 Å². The lowest BCUT2D eigenvalue weighted by atomic mass is 10.0.